The number of carbonyl (C=O) groups is 1. The second kappa shape index (κ2) is 6.27. The van der Waals surface area contributed by atoms with Crippen molar-refractivity contribution in [1.29, 1.82) is 0 Å². The van der Waals surface area contributed by atoms with Crippen molar-refractivity contribution in [2.24, 2.45) is 11.7 Å². The number of hydrogen-bond donors (Lipinski definition) is 1. The number of benzene rings is 1. The minimum Gasteiger partial charge on any atom is -0.496 e. The average molecular weight is 276 g/mol. The van der Waals surface area contributed by atoms with Crippen LogP contribution in [0.15, 0.2) is 24.3 Å². The first-order chi connectivity index (χ1) is 9.54. The summed E-state index contributed by atoms with van der Waals surface area (Å²) in [4.78, 5) is 14.1. The number of nitrogens with zero attached hydrogens (tertiary/aromatic N) is 1. The Hall–Kier alpha value is -1.55. The van der Waals surface area contributed by atoms with Crippen LogP contribution >= 0.6 is 0 Å². The fourth-order valence-electron chi connectivity index (χ4n) is 2.79. The maximum Gasteiger partial charge on any atom is 0.224 e. The summed E-state index contributed by atoms with van der Waals surface area (Å²) >= 11 is 0. The number of nitrogens with two attached hydrogens (primary N) is 1. The summed E-state index contributed by atoms with van der Waals surface area (Å²) in [6.45, 7) is 5.09. The second-order valence-electron chi connectivity index (χ2n) is 5.82. The van der Waals surface area contributed by atoms with E-state index in [1.165, 1.54) is 0 Å². The van der Waals surface area contributed by atoms with Crippen molar-refractivity contribution in [2.75, 3.05) is 13.7 Å². The van der Waals surface area contributed by atoms with Gasteiger partial charge in [0.05, 0.1) is 13.2 Å². The lowest BCUT2D eigenvalue weighted by Gasteiger charge is -2.29. The van der Waals surface area contributed by atoms with E-state index >= 15 is 0 Å². The van der Waals surface area contributed by atoms with Gasteiger partial charge in [-0.05, 0) is 18.4 Å². The summed E-state index contributed by atoms with van der Waals surface area (Å²) in [5.41, 5.74) is 7.21. The van der Waals surface area contributed by atoms with Gasteiger partial charge in [0.25, 0.3) is 0 Å². The zero-order valence-electron chi connectivity index (χ0n) is 12.5. The summed E-state index contributed by atoms with van der Waals surface area (Å²) in [6, 6.07) is 7.59. The molecule has 0 saturated carbocycles. The van der Waals surface area contributed by atoms with E-state index < -0.39 is 0 Å². The Balaban J connectivity index is 2.28. The van der Waals surface area contributed by atoms with E-state index in [-0.39, 0.29) is 18.0 Å². The Bertz CT molecular complexity index is 473. The average Bonchev–Trinajstić information content (AvgIpc) is 2.70. The monoisotopic (exact) mass is 276 g/mol. The SMILES string of the molecule is COc1ccccc1C1C(N)CC(=O)N1CCC(C)C. The van der Waals surface area contributed by atoms with Crippen LogP contribution in [0.25, 0.3) is 0 Å². The smallest absolute Gasteiger partial charge is 0.224 e. The Morgan fingerprint density at radius 3 is 2.75 bits per heavy atom. The minimum absolute atomic E-state index is 0.0719. The molecule has 1 aliphatic heterocycles. The number of rotatable bonds is 5. The third-order valence-corrected chi connectivity index (χ3v) is 3.88. The van der Waals surface area contributed by atoms with E-state index in [2.05, 4.69) is 13.8 Å². The lowest BCUT2D eigenvalue weighted by Crippen LogP contribution is -2.34. The summed E-state index contributed by atoms with van der Waals surface area (Å²) in [7, 11) is 1.65. The number of carbonyl (C=O) groups excluding carboxylic acids is 1. The van der Waals surface area contributed by atoms with Crippen molar-refractivity contribution in [2.45, 2.75) is 38.8 Å². The fourth-order valence-corrected chi connectivity index (χ4v) is 2.79. The number of ether oxygens (including phenoxy) is 1. The van der Waals surface area contributed by atoms with Crippen LogP contribution in [0.5, 0.6) is 5.75 Å². The molecule has 0 spiro atoms. The minimum atomic E-state index is -0.161. The summed E-state index contributed by atoms with van der Waals surface area (Å²) < 4.78 is 5.42. The number of methoxy groups -OCH3 is 1. The topological polar surface area (TPSA) is 55.6 Å². The number of likely N-dealkylation sites (tertiary alicyclic amines) is 1. The van der Waals surface area contributed by atoms with E-state index in [1.807, 2.05) is 29.2 Å². The van der Waals surface area contributed by atoms with Gasteiger partial charge in [0.15, 0.2) is 0 Å². The van der Waals surface area contributed by atoms with Gasteiger partial charge < -0.3 is 15.4 Å². The lowest BCUT2D eigenvalue weighted by atomic mass is 9.99. The molecule has 0 bridgehead atoms. The standard InChI is InChI=1S/C16H24N2O2/c1-11(2)8-9-18-15(19)10-13(17)16(18)12-6-4-5-7-14(12)20-3/h4-7,11,13,16H,8-10,17H2,1-3H3. The van der Waals surface area contributed by atoms with Crippen LogP contribution in [0.2, 0.25) is 0 Å². The molecule has 0 aliphatic carbocycles. The van der Waals surface area contributed by atoms with Gasteiger partial charge >= 0.3 is 0 Å². The lowest BCUT2D eigenvalue weighted by molar-refractivity contribution is -0.129. The van der Waals surface area contributed by atoms with Crippen LogP contribution in [0.1, 0.15) is 38.3 Å². The Kier molecular flexibility index (Phi) is 4.65. The number of amides is 1. The molecule has 1 aliphatic rings. The molecule has 0 aromatic heterocycles. The van der Waals surface area contributed by atoms with E-state index in [1.54, 1.807) is 7.11 Å². The predicted octanol–water partition coefficient (Wildman–Crippen LogP) is 2.34. The summed E-state index contributed by atoms with van der Waals surface area (Å²) in [6.07, 6.45) is 1.41. The quantitative estimate of drug-likeness (QED) is 0.898. The second-order valence-corrected chi connectivity index (χ2v) is 5.82. The molecule has 1 saturated heterocycles. The molecule has 4 nitrogen and oxygen atoms in total. The van der Waals surface area contributed by atoms with Gasteiger partial charge in [0.1, 0.15) is 5.75 Å². The van der Waals surface area contributed by atoms with E-state index in [9.17, 15) is 4.79 Å². The third kappa shape index (κ3) is 2.96. The molecule has 1 fully saturated rings. The van der Waals surface area contributed by atoms with Crippen molar-refractivity contribution in [3.05, 3.63) is 29.8 Å². The zero-order valence-corrected chi connectivity index (χ0v) is 12.5. The molecule has 110 valence electrons. The highest BCUT2D eigenvalue weighted by Crippen LogP contribution is 2.37. The molecule has 1 amide bonds. The van der Waals surface area contributed by atoms with Crippen molar-refractivity contribution in [3.63, 3.8) is 0 Å². The number of para-hydroxylation sites is 1. The predicted molar refractivity (Wildman–Crippen MR) is 79.5 cm³/mol. The molecule has 4 heteroatoms. The molecule has 1 aromatic rings. The summed E-state index contributed by atoms with van der Waals surface area (Å²) in [5, 5.41) is 0. The Morgan fingerprint density at radius 1 is 1.40 bits per heavy atom. The maximum atomic E-state index is 12.2. The number of hydrogen-bond acceptors (Lipinski definition) is 3. The van der Waals surface area contributed by atoms with Crippen LogP contribution in [0, 0.1) is 5.92 Å². The fraction of sp³-hybridized carbons (Fsp3) is 0.562. The van der Waals surface area contributed by atoms with Crippen molar-refractivity contribution in [1.82, 2.24) is 4.90 Å². The Morgan fingerprint density at radius 2 is 2.10 bits per heavy atom. The van der Waals surface area contributed by atoms with Gasteiger partial charge in [-0.3, -0.25) is 4.79 Å². The molecule has 20 heavy (non-hydrogen) atoms. The molecule has 1 heterocycles. The van der Waals surface area contributed by atoms with Gasteiger partial charge in [0, 0.05) is 24.6 Å². The van der Waals surface area contributed by atoms with Crippen molar-refractivity contribution < 1.29 is 9.53 Å². The highest BCUT2D eigenvalue weighted by atomic mass is 16.5. The maximum absolute atomic E-state index is 12.2. The first-order valence-electron chi connectivity index (χ1n) is 7.22. The van der Waals surface area contributed by atoms with Crippen molar-refractivity contribution >= 4 is 5.91 Å². The van der Waals surface area contributed by atoms with Crippen molar-refractivity contribution in [3.8, 4) is 5.75 Å². The van der Waals surface area contributed by atoms with Gasteiger partial charge in [-0.25, -0.2) is 0 Å². The molecule has 2 atom stereocenters. The molecular weight excluding hydrogens is 252 g/mol. The molecule has 2 N–H and O–H groups in total. The highest BCUT2D eigenvalue weighted by molar-refractivity contribution is 5.80. The van der Waals surface area contributed by atoms with Crippen LogP contribution < -0.4 is 10.5 Å². The summed E-state index contributed by atoms with van der Waals surface area (Å²) in [5.74, 6) is 1.52. The first-order valence-corrected chi connectivity index (χ1v) is 7.22. The molecule has 1 aromatic carbocycles. The normalized spacial score (nSPS) is 22.6. The van der Waals surface area contributed by atoms with Gasteiger partial charge in [-0.15, -0.1) is 0 Å². The molecule has 0 radical (unpaired) electrons. The molecular formula is C16H24N2O2. The van der Waals surface area contributed by atoms with E-state index in [4.69, 9.17) is 10.5 Å². The van der Waals surface area contributed by atoms with Gasteiger partial charge in [-0.1, -0.05) is 32.0 Å². The first kappa shape index (κ1) is 14.9. The Labute approximate surface area is 120 Å². The van der Waals surface area contributed by atoms with Crippen LogP contribution in [0.3, 0.4) is 0 Å². The molecule has 2 rings (SSSR count). The largest absolute Gasteiger partial charge is 0.496 e. The van der Waals surface area contributed by atoms with Gasteiger partial charge in [0.2, 0.25) is 5.91 Å². The van der Waals surface area contributed by atoms with E-state index in [0.29, 0.717) is 12.3 Å². The van der Waals surface area contributed by atoms with Crippen LogP contribution in [-0.2, 0) is 4.79 Å². The zero-order chi connectivity index (χ0) is 14.7. The molecule has 2 unspecified atom stereocenters. The third-order valence-electron chi connectivity index (χ3n) is 3.88. The van der Waals surface area contributed by atoms with Crippen LogP contribution in [-0.4, -0.2) is 30.5 Å². The van der Waals surface area contributed by atoms with Gasteiger partial charge in [-0.2, -0.15) is 0 Å². The van der Waals surface area contributed by atoms with E-state index in [0.717, 1.165) is 24.3 Å². The highest BCUT2D eigenvalue weighted by Gasteiger charge is 2.39. The van der Waals surface area contributed by atoms with Crippen LogP contribution in [0.4, 0.5) is 0 Å².